The Hall–Kier alpha value is -0.520. The zero-order chi connectivity index (χ0) is 13.2. The zero-order valence-electron chi connectivity index (χ0n) is 10.7. The fraction of sp³-hybridized carbons (Fsp3) is 0.667. The van der Waals surface area contributed by atoms with Crippen LogP contribution < -0.4 is 4.90 Å². The highest BCUT2D eigenvalue weighted by atomic mass is 35.5. The Labute approximate surface area is 117 Å². The van der Waals surface area contributed by atoms with Crippen LogP contribution in [0.3, 0.4) is 0 Å². The van der Waals surface area contributed by atoms with E-state index >= 15 is 0 Å². The Morgan fingerprint density at radius 1 is 1.39 bits per heavy atom. The first-order valence-corrected chi connectivity index (χ1v) is 7.66. The van der Waals surface area contributed by atoms with Crippen molar-refractivity contribution >= 4 is 29.2 Å². The summed E-state index contributed by atoms with van der Waals surface area (Å²) in [4.78, 5) is 10.8. The highest BCUT2D eigenvalue weighted by Crippen LogP contribution is 2.26. The van der Waals surface area contributed by atoms with Crippen molar-refractivity contribution in [2.24, 2.45) is 0 Å². The molecule has 100 valence electrons. The van der Waals surface area contributed by atoms with Gasteiger partial charge in [0.05, 0.1) is 5.60 Å². The first-order valence-electron chi connectivity index (χ1n) is 6.06. The number of halogens is 1. The molecule has 0 bridgehead atoms. The van der Waals surface area contributed by atoms with E-state index < -0.39 is 5.60 Å². The van der Waals surface area contributed by atoms with Crippen molar-refractivity contribution in [3.63, 3.8) is 0 Å². The predicted octanol–water partition coefficient (Wildman–Crippen LogP) is 2.59. The van der Waals surface area contributed by atoms with Crippen LogP contribution in [0.2, 0.25) is 5.15 Å². The van der Waals surface area contributed by atoms with Crippen LogP contribution in [0.15, 0.2) is 11.2 Å². The smallest absolute Gasteiger partial charge is 0.190 e. The van der Waals surface area contributed by atoms with Crippen molar-refractivity contribution < 1.29 is 5.11 Å². The van der Waals surface area contributed by atoms with Crippen LogP contribution in [0.25, 0.3) is 0 Å². The van der Waals surface area contributed by atoms with Gasteiger partial charge in [-0.25, -0.2) is 9.97 Å². The maximum absolute atomic E-state index is 10.1. The molecule has 0 aromatic carbocycles. The number of hydrogen-bond donors (Lipinski definition) is 1. The van der Waals surface area contributed by atoms with Gasteiger partial charge in [-0.1, -0.05) is 23.4 Å². The van der Waals surface area contributed by atoms with Crippen molar-refractivity contribution in [3.8, 4) is 0 Å². The average molecular weight is 288 g/mol. The molecule has 1 aromatic rings. The van der Waals surface area contributed by atoms with Gasteiger partial charge in [-0.3, -0.25) is 0 Å². The maximum atomic E-state index is 10.1. The summed E-state index contributed by atoms with van der Waals surface area (Å²) in [6.07, 6.45) is 4.48. The summed E-state index contributed by atoms with van der Waals surface area (Å²) in [6, 6.07) is 1.79. The van der Waals surface area contributed by atoms with E-state index in [0.717, 1.165) is 38.2 Å². The van der Waals surface area contributed by atoms with E-state index in [9.17, 15) is 5.11 Å². The Morgan fingerprint density at radius 3 is 2.89 bits per heavy atom. The summed E-state index contributed by atoms with van der Waals surface area (Å²) in [6.45, 7) is 3.60. The van der Waals surface area contributed by atoms with E-state index in [1.54, 1.807) is 6.07 Å². The molecule has 18 heavy (non-hydrogen) atoms. The minimum absolute atomic E-state index is 0.473. The van der Waals surface area contributed by atoms with Crippen molar-refractivity contribution in [2.45, 2.75) is 36.9 Å². The number of rotatable bonds is 2. The van der Waals surface area contributed by atoms with E-state index in [4.69, 9.17) is 11.6 Å². The molecule has 0 radical (unpaired) electrons. The van der Waals surface area contributed by atoms with E-state index in [0.29, 0.717) is 10.3 Å². The van der Waals surface area contributed by atoms with Gasteiger partial charge < -0.3 is 10.0 Å². The average Bonchev–Trinajstić information content (AvgIpc) is 2.49. The molecule has 1 N–H and O–H groups in total. The van der Waals surface area contributed by atoms with Crippen LogP contribution in [0.5, 0.6) is 0 Å². The van der Waals surface area contributed by atoms with Gasteiger partial charge in [0, 0.05) is 19.2 Å². The summed E-state index contributed by atoms with van der Waals surface area (Å²) in [7, 11) is 0. The second-order valence-electron chi connectivity index (χ2n) is 4.87. The fourth-order valence-corrected chi connectivity index (χ4v) is 2.73. The van der Waals surface area contributed by atoms with Crippen LogP contribution in [0.1, 0.15) is 26.2 Å². The van der Waals surface area contributed by atoms with E-state index in [2.05, 4.69) is 14.9 Å². The molecule has 1 saturated heterocycles. The summed E-state index contributed by atoms with van der Waals surface area (Å²) in [5.74, 6) is 0.858. The number of hydrogen-bond acceptors (Lipinski definition) is 5. The minimum atomic E-state index is -0.562. The predicted molar refractivity (Wildman–Crippen MR) is 75.5 cm³/mol. The summed E-state index contributed by atoms with van der Waals surface area (Å²) in [5.41, 5.74) is -0.562. The number of aromatic nitrogens is 2. The number of thioether (sulfide) groups is 1. The van der Waals surface area contributed by atoms with E-state index in [-0.39, 0.29) is 0 Å². The lowest BCUT2D eigenvalue weighted by atomic mass is 9.98. The van der Waals surface area contributed by atoms with E-state index in [1.807, 2.05) is 13.2 Å². The van der Waals surface area contributed by atoms with E-state index in [1.165, 1.54) is 11.8 Å². The van der Waals surface area contributed by atoms with Crippen LogP contribution >= 0.6 is 23.4 Å². The zero-order valence-corrected chi connectivity index (χ0v) is 12.3. The highest BCUT2D eigenvalue weighted by Gasteiger charge is 2.25. The van der Waals surface area contributed by atoms with Gasteiger partial charge >= 0.3 is 0 Å². The number of aliphatic hydroxyl groups is 1. The molecule has 2 rings (SSSR count). The quantitative estimate of drug-likeness (QED) is 0.515. The molecule has 1 unspecified atom stereocenters. The van der Waals surface area contributed by atoms with Crippen LogP contribution in [0.4, 0.5) is 5.82 Å². The molecular weight excluding hydrogens is 270 g/mol. The monoisotopic (exact) mass is 287 g/mol. The third-order valence-corrected chi connectivity index (χ3v) is 3.97. The van der Waals surface area contributed by atoms with Crippen molar-refractivity contribution in [3.05, 3.63) is 11.2 Å². The highest BCUT2D eigenvalue weighted by molar-refractivity contribution is 7.98. The van der Waals surface area contributed by atoms with Gasteiger partial charge in [0.1, 0.15) is 11.0 Å². The molecule has 1 fully saturated rings. The molecule has 1 atom stereocenters. The second-order valence-corrected chi connectivity index (χ2v) is 6.03. The molecule has 6 heteroatoms. The molecule has 0 saturated carbocycles. The standard InChI is InChI=1S/C12H18ClN3OS/c1-12(17)4-3-6-16(7-5-12)10-8-9(13)14-11(15-10)18-2/h8,17H,3-7H2,1-2H3. The number of anilines is 1. The lowest BCUT2D eigenvalue weighted by Gasteiger charge is -2.23. The van der Waals surface area contributed by atoms with Gasteiger partial charge in [0.2, 0.25) is 0 Å². The van der Waals surface area contributed by atoms with Gasteiger partial charge in [-0.2, -0.15) is 0 Å². The largest absolute Gasteiger partial charge is 0.390 e. The number of nitrogens with zero attached hydrogens (tertiary/aromatic N) is 3. The second kappa shape index (κ2) is 5.63. The maximum Gasteiger partial charge on any atom is 0.190 e. The van der Waals surface area contributed by atoms with Crippen molar-refractivity contribution in [1.82, 2.24) is 9.97 Å². The molecule has 0 spiro atoms. The van der Waals surface area contributed by atoms with Crippen LogP contribution in [-0.4, -0.2) is 40.0 Å². The molecule has 2 heterocycles. The first kappa shape index (κ1) is 13.9. The molecule has 1 aliphatic rings. The van der Waals surface area contributed by atoms with Crippen LogP contribution in [0, 0.1) is 0 Å². The summed E-state index contributed by atoms with van der Waals surface area (Å²) >= 11 is 7.49. The molecule has 0 amide bonds. The molecule has 4 nitrogen and oxygen atoms in total. The lowest BCUT2D eigenvalue weighted by molar-refractivity contribution is 0.0481. The van der Waals surface area contributed by atoms with Gasteiger partial charge in [0.15, 0.2) is 5.16 Å². The van der Waals surface area contributed by atoms with Crippen molar-refractivity contribution in [2.75, 3.05) is 24.2 Å². The van der Waals surface area contributed by atoms with Crippen LogP contribution in [-0.2, 0) is 0 Å². The summed E-state index contributed by atoms with van der Waals surface area (Å²) in [5, 5.41) is 11.2. The molecule has 0 aliphatic carbocycles. The Bertz CT molecular complexity index is 428. The van der Waals surface area contributed by atoms with Crippen molar-refractivity contribution in [1.29, 1.82) is 0 Å². The lowest BCUT2D eigenvalue weighted by Crippen LogP contribution is -2.28. The Kier molecular flexibility index (Phi) is 4.35. The SMILES string of the molecule is CSc1nc(Cl)cc(N2CCCC(C)(O)CC2)n1. The third kappa shape index (κ3) is 3.49. The molecule has 1 aliphatic heterocycles. The van der Waals surface area contributed by atoms with Gasteiger partial charge in [0.25, 0.3) is 0 Å². The van der Waals surface area contributed by atoms with Gasteiger partial charge in [-0.05, 0) is 32.4 Å². The Balaban J connectivity index is 2.18. The molecular formula is C12H18ClN3OS. The fourth-order valence-electron chi connectivity index (χ4n) is 2.13. The minimum Gasteiger partial charge on any atom is -0.390 e. The first-order chi connectivity index (χ1) is 8.50. The molecule has 1 aromatic heterocycles. The third-order valence-electron chi connectivity index (χ3n) is 3.23. The van der Waals surface area contributed by atoms with Gasteiger partial charge in [-0.15, -0.1) is 0 Å². The normalized spacial score (nSPS) is 25.0. The topological polar surface area (TPSA) is 49.2 Å². The summed E-state index contributed by atoms with van der Waals surface area (Å²) < 4.78 is 0. The Morgan fingerprint density at radius 2 is 2.17 bits per heavy atom.